The SMILES string of the molecule is [B]c1c(-c2ccc3c(c2)c2ccccc2n3-c2ccccc2)c([B])c2c3c(-c4ccccc4)cccc3n(-c3ccc(-c4cccc(-c5ccccc5)c4)cc3)c2c1[B]. The molecule has 2 aromatic heterocycles. The van der Waals surface area contributed by atoms with Gasteiger partial charge in [-0.15, -0.1) is 0 Å². The Balaban J connectivity index is 1.14. The van der Waals surface area contributed by atoms with Crippen LogP contribution < -0.4 is 16.4 Å². The maximum absolute atomic E-state index is 7.49. The lowest BCUT2D eigenvalue weighted by atomic mass is 9.69. The zero-order valence-electron chi connectivity index (χ0n) is 32.2. The van der Waals surface area contributed by atoms with Crippen molar-refractivity contribution in [3.05, 3.63) is 200 Å². The number of nitrogens with zero attached hydrogens (tertiary/aromatic N) is 2. The maximum atomic E-state index is 7.49. The zero-order chi connectivity index (χ0) is 39.6. The number of rotatable bonds is 6. The Kier molecular flexibility index (Phi) is 8.30. The number of fused-ring (bicyclic) bond motifs is 6. The average Bonchev–Trinajstić information content (AvgIpc) is 3.83. The first-order valence-corrected chi connectivity index (χ1v) is 19.9. The number of hydrogen-bond acceptors (Lipinski definition) is 0. The lowest BCUT2D eigenvalue weighted by molar-refractivity contribution is 1.18. The smallest absolute Gasteiger partial charge is 0.115 e. The Morgan fingerprint density at radius 2 is 0.847 bits per heavy atom. The highest BCUT2D eigenvalue weighted by Crippen LogP contribution is 2.40. The molecule has 0 N–H and O–H groups in total. The van der Waals surface area contributed by atoms with Gasteiger partial charge in [0.05, 0.1) is 16.6 Å². The quantitative estimate of drug-likeness (QED) is 0.150. The van der Waals surface area contributed by atoms with E-state index < -0.39 is 0 Å². The summed E-state index contributed by atoms with van der Waals surface area (Å²) in [5.74, 6) is 0. The molecular formula is C54H33B3N2. The van der Waals surface area contributed by atoms with E-state index in [4.69, 9.17) is 23.5 Å². The van der Waals surface area contributed by atoms with Crippen LogP contribution in [-0.4, -0.2) is 32.7 Å². The minimum Gasteiger partial charge on any atom is -0.310 e. The van der Waals surface area contributed by atoms with Crippen LogP contribution in [0.3, 0.4) is 0 Å². The minimum absolute atomic E-state index is 0.459. The Morgan fingerprint density at radius 3 is 1.58 bits per heavy atom. The normalized spacial score (nSPS) is 11.6. The molecule has 11 aromatic rings. The van der Waals surface area contributed by atoms with E-state index in [-0.39, 0.29) is 0 Å². The van der Waals surface area contributed by atoms with Crippen molar-refractivity contribution in [3.8, 4) is 55.9 Å². The van der Waals surface area contributed by atoms with E-state index in [1.807, 2.05) is 18.2 Å². The molecule has 11 rings (SSSR count). The molecule has 0 amide bonds. The van der Waals surface area contributed by atoms with E-state index >= 15 is 0 Å². The standard InChI is InChI=1S/C54H33B3N2/c55-51-48(39-28-31-46-44(33-39)43-22-10-11-24-45(43)58(46)40-20-8-3-9-21-40)52(56)53(57)54-50(51)49-42(36-16-6-2-7-17-36)23-13-25-47(49)59(54)41-29-26-35(27-30-41)38-19-12-18-37(32-38)34-14-4-1-5-15-34/h1-33H. The van der Waals surface area contributed by atoms with Crippen molar-refractivity contribution in [2.75, 3.05) is 0 Å². The summed E-state index contributed by atoms with van der Waals surface area (Å²) in [5, 5.41) is 4.17. The molecule has 0 atom stereocenters. The molecule has 0 saturated carbocycles. The van der Waals surface area contributed by atoms with Gasteiger partial charge >= 0.3 is 0 Å². The second-order valence-electron chi connectivity index (χ2n) is 15.2. The summed E-state index contributed by atoms with van der Waals surface area (Å²) in [4.78, 5) is 0. The number of hydrogen-bond donors (Lipinski definition) is 0. The van der Waals surface area contributed by atoms with E-state index in [9.17, 15) is 0 Å². The molecule has 2 nitrogen and oxygen atoms in total. The third kappa shape index (κ3) is 5.61. The van der Waals surface area contributed by atoms with E-state index in [1.165, 1.54) is 11.1 Å². The molecule has 0 saturated heterocycles. The van der Waals surface area contributed by atoms with Crippen molar-refractivity contribution < 1.29 is 0 Å². The molecule has 0 fully saturated rings. The van der Waals surface area contributed by atoms with Gasteiger partial charge in [-0.1, -0.05) is 162 Å². The summed E-state index contributed by atoms with van der Waals surface area (Å²) >= 11 is 0. The van der Waals surface area contributed by atoms with Crippen molar-refractivity contribution >= 4 is 83.5 Å². The zero-order valence-corrected chi connectivity index (χ0v) is 32.2. The van der Waals surface area contributed by atoms with Crippen LogP contribution in [0.25, 0.3) is 99.5 Å². The van der Waals surface area contributed by atoms with Gasteiger partial charge < -0.3 is 9.13 Å². The third-order valence-electron chi connectivity index (χ3n) is 11.8. The van der Waals surface area contributed by atoms with Crippen molar-refractivity contribution in [1.29, 1.82) is 0 Å². The predicted molar refractivity (Wildman–Crippen MR) is 253 cm³/mol. The molecule has 0 spiro atoms. The van der Waals surface area contributed by atoms with Gasteiger partial charge in [0, 0.05) is 38.4 Å². The third-order valence-corrected chi connectivity index (χ3v) is 11.8. The first kappa shape index (κ1) is 35.0. The Labute approximate surface area is 347 Å². The second-order valence-corrected chi connectivity index (χ2v) is 15.2. The monoisotopic (exact) mass is 742 g/mol. The number of benzene rings is 9. The van der Waals surface area contributed by atoms with Gasteiger partial charge in [0.25, 0.3) is 0 Å². The van der Waals surface area contributed by atoms with Crippen LogP contribution in [0.4, 0.5) is 0 Å². The fourth-order valence-electron chi connectivity index (χ4n) is 9.12. The first-order chi connectivity index (χ1) is 29.0. The van der Waals surface area contributed by atoms with Crippen LogP contribution in [0, 0.1) is 0 Å². The second kappa shape index (κ2) is 14.0. The Bertz CT molecular complexity index is 3390. The average molecular weight is 742 g/mol. The molecule has 0 unspecified atom stereocenters. The van der Waals surface area contributed by atoms with Crippen LogP contribution >= 0.6 is 0 Å². The maximum Gasteiger partial charge on any atom is 0.115 e. The van der Waals surface area contributed by atoms with Crippen molar-refractivity contribution in [1.82, 2.24) is 9.13 Å². The molecule has 2 heterocycles. The molecule has 59 heavy (non-hydrogen) atoms. The summed E-state index contributed by atoms with van der Waals surface area (Å²) in [7, 11) is 22.0. The molecule has 0 aliphatic heterocycles. The summed E-state index contributed by atoms with van der Waals surface area (Å²) in [5.41, 5.74) is 16.1. The lowest BCUT2D eigenvalue weighted by Crippen LogP contribution is -2.35. The molecule has 268 valence electrons. The van der Waals surface area contributed by atoms with Crippen molar-refractivity contribution in [2.45, 2.75) is 0 Å². The molecular weight excluding hydrogens is 709 g/mol. The lowest BCUT2D eigenvalue weighted by Gasteiger charge is -2.19. The highest BCUT2D eigenvalue weighted by molar-refractivity contribution is 6.60. The molecule has 0 aliphatic carbocycles. The fourth-order valence-corrected chi connectivity index (χ4v) is 9.12. The molecule has 9 aromatic carbocycles. The van der Waals surface area contributed by atoms with Gasteiger partial charge in [-0.2, -0.15) is 0 Å². The summed E-state index contributed by atoms with van der Waals surface area (Å²) in [6, 6.07) is 70.2. The van der Waals surface area contributed by atoms with Crippen molar-refractivity contribution in [2.24, 2.45) is 0 Å². The Hall–Kier alpha value is -7.23. The number of aromatic nitrogens is 2. The van der Waals surface area contributed by atoms with Crippen LogP contribution in [0.5, 0.6) is 0 Å². The van der Waals surface area contributed by atoms with E-state index in [2.05, 4.69) is 191 Å². The molecule has 6 radical (unpaired) electrons. The minimum atomic E-state index is 0.459. The van der Waals surface area contributed by atoms with Gasteiger partial charge in [0.1, 0.15) is 23.5 Å². The van der Waals surface area contributed by atoms with Gasteiger partial charge in [0.2, 0.25) is 0 Å². The van der Waals surface area contributed by atoms with Gasteiger partial charge in [0.15, 0.2) is 0 Å². The summed E-state index contributed by atoms with van der Waals surface area (Å²) in [6.07, 6.45) is 0. The van der Waals surface area contributed by atoms with Gasteiger partial charge in [-0.05, 0) is 99.1 Å². The highest BCUT2D eigenvalue weighted by atomic mass is 15.0. The molecule has 5 heteroatoms. The van der Waals surface area contributed by atoms with E-state index in [0.717, 1.165) is 88.4 Å². The summed E-state index contributed by atoms with van der Waals surface area (Å²) in [6.45, 7) is 0. The van der Waals surface area contributed by atoms with E-state index in [0.29, 0.717) is 16.4 Å². The first-order valence-electron chi connectivity index (χ1n) is 19.9. The largest absolute Gasteiger partial charge is 0.310 e. The fraction of sp³-hybridized carbons (Fsp3) is 0. The van der Waals surface area contributed by atoms with E-state index in [1.54, 1.807) is 0 Å². The van der Waals surface area contributed by atoms with Gasteiger partial charge in [-0.3, -0.25) is 0 Å². The topological polar surface area (TPSA) is 9.86 Å². The van der Waals surface area contributed by atoms with Gasteiger partial charge in [-0.25, -0.2) is 0 Å². The highest BCUT2D eigenvalue weighted by Gasteiger charge is 2.24. The van der Waals surface area contributed by atoms with Crippen LogP contribution in [-0.2, 0) is 0 Å². The molecule has 0 aliphatic rings. The predicted octanol–water partition coefficient (Wildman–Crippen LogP) is 10.9. The van der Waals surface area contributed by atoms with Crippen LogP contribution in [0.15, 0.2) is 200 Å². The van der Waals surface area contributed by atoms with Crippen molar-refractivity contribution in [3.63, 3.8) is 0 Å². The van der Waals surface area contributed by atoms with Crippen LogP contribution in [0.2, 0.25) is 0 Å². The number of para-hydroxylation sites is 2. The summed E-state index contributed by atoms with van der Waals surface area (Å²) < 4.78 is 4.54. The Morgan fingerprint density at radius 1 is 0.305 bits per heavy atom. The van der Waals surface area contributed by atoms with Crippen LogP contribution in [0.1, 0.15) is 0 Å². The molecule has 0 bridgehead atoms.